The summed E-state index contributed by atoms with van der Waals surface area (Å²) in [5.41, 5.74) is 4.00. The lowest BCUT2D eigenvalue weighted by molar-refractivity contribution is 0.0953. The molecule has 0 bridgehead atoms. The van der Waals surface area contributed by atoms with Crippen molar-refractivity contribution in [3.8, 4) is 5.75 Å². The SMILES string of the molecule is Cc1ccccc1OCCn1c(CCCCCNC(=O)c2ccc(Br)cc2)nc2ccccc21. The molecule has 0 radical (unpaired) electrons. The fraction of sp³-hybridized carbons (Fsp3) is 0.286. The molecule has 0 saturated carbocycles. The minimum atomic E-state index is -0.0251. The number of para-hydroxylation sites is 3. The molecule has 34 heavy (non-hydrogen) atoms. The largest absolute Gasteiger partial charge is 0.491 e. The number of fused-ring (bicyclic) bond motifs is 1. The van der Waals surface area contributed by atoms with Gasteiger partial charge in [0.05, 0.1) is 17.6 Å². The summed E-state index contributed by atoms with van der Waals surface area (Å²) in [5, 5.41) is 3.01. The van der Waals surface area contributed by atoms with Crippen molar-refractivity contribution in [3.05, 3.63) is 94.2 Å². The molecule has 4 aromatic rings. The number of unbranched alkanes of at least 4 members (excludes halogenated alkanes) is 2. The highest BCUT2D eigenvalue weighted by atomic mass is 79.9. The van der Waals surface area contributed by atoms with Gasteiger partial charge in [0.15, 0.2) is 0 Å². The first-order valence-electron chi connectivity index (χ1n) is 11.8. The van der Waals surface area contributed by atoms with E-state index in [-0.39, 0.29) is 5.91 Å². The molecule has 1 heterocycles. The van der Waals surface area contributed by atoms with E-state index in [1.165, 1.54) is 0 Å². The molecule has 0 aliphatic rings. The Morgan fingerprint density at radius 1 is 0.971 bits per heavy atom. The number of ether oxygens (including phenoxy) is 1. The van der Waals surface area contributed by atoms with Gasteiger partial charge < -0.3 is 14.6 Å². The molecule has 0 atom stereocenters. The van der Waals surface area contributed by atoms with Crippen molar-refractivity contribution in [2.45, 2.75) is 39.2 Å². The molecule has 4 rings (SSSR count). The van der Waals surface area contributed by atoms with E-state index in [1.54, 1.807) is 0 Å². The Labute approximate surface area is 209 Å². The lowest BCUT2D eigenvalue weighted by Crippen LogP contribution is -2.24. The normalized spacial score (nSPS) is 11.0. The van der Waals surface area contributed by atoms with Crippen LogP contribution in [0.5, 0.6) is 5.75 Å². The highest BCUT2D eigenvalue weighted by molar-refractivity contribution is 9.10. The maximum Gasteiger partial charge on any atom is 0.251 e. The number of nitrogens with one attached hydrogen (secondary N) is 1. The molecule has 176 valence electrons. The quantitative estimate of drug-likeness (QED) is 0.235. The van der Waals surface area contributed by atoms with Gasteiger partial charge in [0.1, 0.15) is 18.2 Å². The van der Waals surface area contributed by atoms with Crippen LogP contribution in [0, 0.1) is 6.92 Å². The Morgan fingerprint density at radius 3 is 2.56 bits per heavy atom. The standard InChI is InChI=1S/C28H30BrN3O2/c1-21-9-4-7-12-26(21)34-20-19-32-25-11-6-5-10-24(25)31-27(32)13-3-2-8-18-30-28(33)22-14-16-23(29)17-15-22/h4-7,9-12,14-17H,2-3,8,13,18-20H2,1H3,(H,30,33). The number of carbonyl (C=O) groups is 1. The molecule has 0 fully saturated rings. The van der Waals surface area contributed by atoms with Crippen molar-refractivity contribution < 1.29 is 9.53 Å². The van der Waals surface area contributed by atoms with Gasteiger partial charge in [-0.15, -0.1) is 0 Å². The van der Waals surface area contributed by atoms with Crippen LogP contribution in [0.1, 0.15) is 41.0 Å². The number of halogens is 1. The number of carbonyl (C=O) groups excluding carboxylic acids is 1. The number of imidazole rings is 1. The van der Waals surface area contributed by atoms with Crippen LogP contribution in [0.25, 0.3) is 11.0 Å². The molecule has 0 aliphatic heterocycles. The highest BCUT2D eigenvalue weighted by Crippen LogP contribution is 2.20. The van der Waals surface area contributed by atoms with E-state index in [0.29, 0.717) is 18.7 Å². The van der Waals surface area contributed by atoms with Crippen molar-refractivity contribution in [2.75, 3.05) is 13.2 Å². The van der Waals surface area contributed by atoms with Crippen LogP contribution in [0.4, 0.5) is 0 Å². The zero-order chi connectivity index (χ0) is 23.8. The third-order valence-corrected chi connectivity index (χ3v) is 6.40. The van der Waals surface area contributed by atoms with Gasteiger partial charge in [-0.25, -0.2) is 4.98 Å². The number of nitrogens with zero attached hydrogens (tertiary/aromatic N) is 2. The maximum atomic E-state index is 12.2. The minimum Gasteiger partial charge on any atom is -0.491 e. The molecule has 1 aromatic heterocycles. The van der Waals surface area contributed by atoms with E-state index >= 15 is 0 Å². The van der Waals surface area contributed by atoms with Crippen molar-refractivity contribution >= 4 is 32.9 Å². The predicted octanol–water partition coefficient (Wildman–Crippen LogP) is 6.33. The van der Waals surface area contributed by atoms with Gasteiger partial charge in [0.2, 0.25) is 0 Å². The number of aryl methyl sites for hydroxylation is 2. The molecule has 0 aliphatic carbocycles. The second-order valence-electron chi connectivity index (χ2n) is 8.36. The number of hydrogen-bond acceptors (Lipinski definition) is 3. The Kier molecular flexibility index (Phi) is 8.36. The third kappa shape index (κ3) is 6.26. The highest BCUT2D eigenvalue weighted by Gasteiger charge is 2.11. The summed E-state index contributed by atoms with van der Waals surface area (Å²) in [6.45, 7) is 4.10. The molecule has 0 unspecified atom stereocenters. The number of benzene rings is 3. The van der Waals surface area contributed by atoms with Crippen LogP contribution >= 0.6 is 15.9 Å². The first kappa shape index (κ1) is 24.0. The average molecular weight is 520 g/mol. The monoisotopic (exact) mass is 519 g/mol. The molecule has 0 spiro atoms. The maximum absolute atomic E-state index is 12.2. The average Bonchev–Trinajstić information content (AvgIpc) is 3.20. The molecule has 5 nitrogen and oxygen atoms in total. The number of aromatic nitrogens is 2. The summed E-state index contributed by atoms with van der Waals surface area (Å²) in [4.78, 5) is 17.1. The molecular weight excluding hydrogens is 490 g/mol. The lowest BCUT2D eigenvalue weighted by atomic mass is 10.1. The van der Waals surface area contributed by atoms with Gasteiger partial charge >= 0.3 is 0 Å². The molecule has 1 amide bonds. The fourth-order valence-electron chi connectivity index (χ4n) is 4.02. The Hall–Kier alpha value is -3.12. The van der Waals surface area contributed by atoms with Crippen molar-refractivity contribution in [2.24, 2.45) is 0 Å². The second kappa shape index (κ2) is 11.8. The fourth-order valence-corrected chi connectivity index (χ4v) is 4.29. The molecule has 3 aromatic carbocycles. The van der Waals surface area contributed by atoms with Gasteiger partial charge in [0.25, 0.3) is 5.91 Å². The Balaban J connectivity index is 1.27. The topological polar surface area (TPSA) is 56.1 Å². The predicted molar refractivity (Wildman–Crippen MR) is 140 cm³/mol. The number of rotatable bonds is 11. The van der Waals surface area contributed by atoms with Crippen molar-refractivity contribution in [1.29, 1.82) is 0 Å². The van der Waals surface area contributed by atoms with Crippen LogP contribution < -0.4 is 10.1 Å². The summed E-state index contributed by atoms with van der Waals surface area (Å²) in [7, 11) is 0. The summed E-state index contributed by atoms with van der Waals surface area (Å²) in [5.74, 6) is 2.00. The summed E-state index contributed by atoms with van der Waals surface area (Å²) in [6.07, 6.45) is 3.90. The first-order valence-corrected chi connectivity index (χ1v) is 12.6. The van der Waals surface area contributed by atoms with E-state index in [9.17, 15) is 4.79 Å². The Morgan fingerprint density at radius 2 is 1.74 bits per heavy atom. The van der Waals surface area contributed by atoms with E-state index < -0.39 is 0 Å². The number of amides is 1. The van der Waals surface area contributed by atoms with Crippen LogP contribution in [0.2, 0.25) is 0 Å². The van der Waals surface area contributed by atoms with Gasteiger partial charge in [-0.05, 0) is 67.8 Å². The minimum absolute atomic E-state index is 0.0251. The van der Waals surface area contributed by atoms with Gasteiger partial charge in [-0.2, -0.15) is 0 Å². The van der Waals surface area contributed by atoms with Crippen LogP contribution in [0.3, 0.4) is 0 Å². The zero-order valence-electron chi connectivity index (χ0n) is 19.5. The van der Waals surface area contributed by atoms with Gasteiger partial charge in [-0.3, -0.25) is 4.79 Å². The summed E-state index contributed by atoms with van der Waals surface area (Å²) >= 11 is 3.39. The van der Waals surface area contributed by atoms with E-state index in [0.717, 1.165) is 64.9 Å². The van der Waals surface area contributed by atoms with Gasteiger partial charge in [0, 0.05) is 23.0 Å². The van der Waals surface area contributed by atoms with Crippen LogP contribution in [-0.4, -0.2) is 28.6 Å². The van der Waals surface area contributed by atoms with E-state index in [4.69, 9.17) is 9.72 Å². The first-order chi connectivity index (χ1) is 16.6. The van der Waals surface area contributed by atoms with E-state index in [2.05, 4.69) is 57.0 Å². The third-order valence-electron chi connectivity index (χ3n) is 5.87. The molecule has 0 saturated heterocycles. The second-order valence-corrected chi connectivity index (χ2v) is 9.27. The van der Waals surface area contributed by atoms with E-state index in [1.807, 2.05) is 48.5 Å². The van der Waals surface area contributed by atoms with Crippen molar-refractivity contribution in [3.63, 3.8) is 0 Å². The van der Waals surface area contributed by atoms with Crippen molar-refractivity contribution in [1.82, 2.24) is 14.9 Å². The Bertz CT molecular complexity index is 1230. The summed E-state index contributed by atoms with van der Waals surface area (Å²) in [6, 6.07) is 23.8. The summed E-state index contributed by atoms with van der Waals surface area (Å²) < 4.78 is 9.30. The molecule has 6 heteroatoms. The molecular formula is C28H30BrN3O2. The zero-order valence-corrected chi connectivity index (χ0v) is 21.1. The smallest absolute Gasteiger partial charge is 0.251 e. The number of hydrogen-bond donors (Lipinski definition) is 1. The van der Waals surface area contributed by atoms with Crippen LogP contribution in [0.15, 0.2) is 77.3 Å². The van der Waals surface area contributed by atoms with Crippen LogP contribution in [-0.2, 0) is 13.0 Å². The molecule has 1 N–H and O–H groups in total. The van der Waals surface area contributed by atoms with Gasteiger partial charge in [-0.1, -0.05) is 52.7 Å². The lowest BCUT2D eigenvalue weighted by Gasteiger charge is -2.12.